The van der Waals surface area contributed by atoms with Gasteiger partial charge in [0.05, 0.1) is 0 Å². The topological polar surface area (TPSA) is 46.6 Å². The van der Waals surface area contributed by atoms with E-state index in [0.29, 0.717) is 17.7 Å². The van der Waals surface area contributed by atoms with Crippen molar-refractivity contribution in [2.24, 2.45) is 0 Å². The lowest BCUT2D eigenvalue weighted by molar-refractivity contribution is -0.122. The highest BCUT2D eigenvalue weighted by Gasteiger charge is 2.32. The first kappa shape index (κ1) is 14.8. The molecule has 1 heterocycles. The summed E-state index contributed by atoms with van der Waals surface area (Å²) >= 11 is 5.05. The molecule has 5 heteroatoms. The summed E-state index contributed by atoms with van der Waals surface area (Å²) < 4.78 is 5.39. The molecule has 2 aromatic rings. The minimum atomic E-state index is -0.237. The smallest absolute Gasteiger partial charge is 0.297 e. The Morgan fingerprint density at radius 1 is 1.04 bits per heavy atom. The second kappa shape index (κ2) is 5.39. The number of hydrogen-bond acceptors (Lipinski definition) is 4. The lowest BCUT2D eigenvalue weighted by Gasteiger charge is -2.06. The van der Waals surface area contributed by atoms with Crippen LogP contribution in [-0.4, -0.2) is 28.3 Å². The van der Waals surface area contributed by atoms with E-state index in [0.717, 1.165) is 16.7 Å². The van der Waals surface area contributed by atoms with E-state index < -0.39 is 0 Å². The highest BCUT2D eigenvalue weighted by Crippen LogP contribution is 2.37. The Balaban J connectivity index is 1.77. The van der Waals surface area contributed by atoms with Gasteiger partial charge in [0, 0.05) is 17.7 Å². The van der Waals surface area contributed by atoms with Gasteiger partial charge < -0.3 is 4.74 Å². The van der Waals surface area contributed by atoms with Crippen molar-refractivity contribution in [2.75, 3.05) is 6.54 Å². The molecule has 24 heavy (non-hydrogen) atoms. The molecule has 1 aliphatic heterocycles. The number of ether oxygens (including phenoxy) is 1. The van der Waals surface area contributed by atoms with Crippen molar-refractivity contribution >= 4 is 35.2 Å². The first-order chi connectivity index (χ1) is 11.6. The van der Waals surface area contributed by atoms with E-state index in [1.54, 1.807) is 12.1 Å². The van der Waals surface area contributed by atoms with Crippen LogP contribution in [0, 0.1) is 0 Å². The van der Waals surface area contributed by atoms with E-state index in [4.69, 9.17) is 17.0 Å². The summed E-state index contributed by atoms with van der Waals surface area (Å²) in [4.78, 5) is 26.0. The summed E-state index contributed by atoms with van der Waals surface area (Å²) in [6.07, 6.45) is 1.66. The molecule has 1 amide bonds. The average Bonchev–Trinajstić information content (AvgIpc) is 3.02. The molecule has 1 fully saturated rings. The van der Waals surface area contributed by atoms with Crippen molar-refractivity contribution in [1.82, 2.24) is 4.90 Å². The summed E-state index contributed by atoms with van der Waals surface area (Å²) in [6.45, 7) is 2.31. The maximum Gasteiger partial charge on any atom is 0.297 e. The number of benzene rings is 2. The number of ketones is 1. The lowest BCUT2D eigenvalue weighted by atomic mass is 10.0. The molecule has 0 saturated carbocycles. The second-order valence-corrected chi connectivity index (χ2v) is 5.95. The normalized spacial score (nSPS) is 17.3. The molecule has 0 radical (unpaired) electrons. The van der Waals surface area contributed by atoms with Gasteiger partial charge in [-0.25, -0.2) is 0 Å². The van der Waals surface area contributed by atoms with Crippen molar-refractivity contribution in [2.45, 2.75) is 6.92 Å². The summed E-state index contributed by atoms with van der Waals surface area (Å²) in [5.41, 5.74) is 3.99. The number of rotatable bonds is 2. The number of thiocarbonyl (C=S) groups is 1. The molecule has 2 aliphatic rings. The number of likely N-dealkylation sites (N-methyl/N-ethyl adjacent to an activating group) is 1. The van der Waals surface area contributed by atoms with Crippen LogP contribution >= 0.6 is 12.2 Å². The van der Waals surface area contributed by atoms with Gasteiger partial charge in [0.15, 0.2) is 11.5 Å². The fraction of sp³-hybridized carbons (Fsp3) is 0.105. The standard InChI is InChI=1S/C19H13NO3S/c1-2-20-18(22)16(23-19(20)24)10-11-7-8-14-15(9-11)12-5-3-4-6-13(12)17(14)21/h3-10H,2H2,1H3/b16-10-. The molecular weight excluding hydrogens is 322 g/mol. The van der Waals surface area contributed by atoms with Crippen LogP contribution in [0.1, 0.15) is 28.4 Å². The minimum absolute atomic E-state index is 0.0336. The summed E-state index contributed by atoms with van der Waals surface area (Å²) in [7, 11) is 0. The van der Waals surface area contributed by atoms with Gasteiger partial charge in [-0.1, -0.05) is 30.3 Å². The molecule has 0 N–H and O–H groups in total. The predicted molar refractivity (Wildman–Crippen MR) is 94.4 cm³/mol. The summed E-state index contributed by atoms with van der Waals surface area (Å²) in [6, 6.07) is 13.0. The van der Waals surface area contributed by atoms with Crippen LogP contribution in [0.3, 0.4) is 0 Å². The molecule has 118 valence electrons. The van der Waals surface area contributed by atoms with E-state index in [1.807, 2.05) is 43.3 Å². The number of carbonyl (C=O) groups excluding carboxylic acids is 2. The zero-order chi connectivity index (χ0) is 16.8. The number of hydrogen-bond donors (Lipinski definition) is 0. The van der Waals surface area contributed by atoms with E-state index in [2.05, 4.69) is 0 Å². The SMILES string of the molecule is CCN1C(=O)/C(=C/c2ccc3c(c2)-c2ccccc2C3=O)OC1=S. The van der Waals surface area contributed by atoms with Crippen LogP contribution < -0.4 is 0 Å². The second-order valence-electron chi connectivity index (χ2n) is 5.61. The highest BCUT2D eigenvalue weighted by molar-refractivity contribution is 7.80. The van der Waals surface area contributed by atoms with Crippen LogP contribution in [0.25, 0.3) is 17.2 Å². The molecular formula is C19H13NO3S. The third kappa shape index (κ3) is 2.09. The quantitative estimate of drug-likeness (QED) is 0.532. The van der Waals surface area contributed by atoms with Crippen LogP contribution in [0.5, 0.6) is 0 Å². The lowest BCUT2D eigenvalue weighted by Crippen LogP contribution is -2.27. The maximum absolute atomic E-state index is 12.4. The van der Waals surface area contributed by atoms with Gasteiger partial charge in [-0.2, -0.15) is 0 Å². The van der Waals surface area contributed by atoms with Crippen molar-refractivity contribution in [1.29, 1.82) is 0 Å². The minimum Gasteiger partial charge on any atom is -0.426 e. The number of nitrogens with zero attached hydrogens (tertiary/aromatic N) is 1. The van der Waals surface area contributed by atoms with Crippen molar-refractivity contribution in [3.8, 4) is 11.1 Å². The number of carbonyl (C=O) groups is 2. The zero-order valence-electron chi connectivity index (χ0n) is 12.9. The van der Waals surface area contributed by atoms with Gasteiger partial charge in [0.25, 0.3) is 11.1 Å². The molecule has 0 unspecified atom stereocenters. The molecule has 4 rings (SSSR count). The molecule has 0 spiro atoms. The Bertz CT molecular complexity index is 945. The van der Waals surface area contributed by atoms with E-state index in [9.17, 15) is 9.59 Å². The molecule has 1 saturated heterocycles. The number of amides is 1. The van der Waals surface area contributed by atoms with Crippen molar-refractivity contribution in [3.05, 3.63) is 64.9 Å². The highest BCUT2D eigenvalue weighted by atomic mass is 32.1. The predicted octanol–water partition coefficient (Wildman–Crippen LogP) is 3.40. The molecule has 4 nitrogen and oxygen atoms in total. The van der Waals surface area contributed by atoms with Gasteiger partial charge in [-0.3, -0.25) is 14.5 Å². The Morgan fingerprint density at radius 3 is 2.46 bits per heavy atom. The Labute approximate surface area is 144 Å². The maximum atomic E-state index is 12.4. The first-order valence-corrected chi connectivity index (χ1v) is 8.04. The fourth-order valence-electron chi connectivity index (χ4n) is 3.06. The van der Waals surface area contributed by atoms with Gasteiger partial charge in [0.2, 0.25) is 0 Å². The fourth-order valence-corrected chi connectivity index (χ4v) is 3.36. The van der Waals surface area contributed by atoms with Crippen LogP contribution in [-0.2, 0) is 9.53 Å². The molecule has 2 aromatic carbocycles. The Hall–Kier alpha value is -2.79. The van der Waals surface area contributed by atoms with E-state index in [1.165, 1.54) is 4.90 Å². The first-order valence-electron chi connectivity index (χ1n) is 7.63. The van der Waals surface area contributed by atoms with E-state index >= 15 is 0 Å². The van der Waals surface area contributed by atoms with Crippen molar-refractivity contribution < 1.29 is 14.3 Å². The molecule has 0 aromatic heterocycles. The van der Waals surface area contributed by atoms with Gasteiger partial charge in [-0.05, 0) is 54.0 Å². The third-order valence-electron chi connectivity index (χ3n) is 4.24. The average molecular weight is 335 g/mol. The van der Waals surface area contributed by atoms with Gasteiger partial charge >= 0.3 is 0 Å². The molecule has 0 bridgehead atoms. The monoisotopic (exact) mass is 335 g/mol. The van der Waals surface area contributed by atoms with Gasteiger partial charge in [0.1, 0.15) is 0 Å². The molecule has 1 aliphatic carbocycles. The third-order valence-corrected chi connectivity index (χ3v) is 4.54. The largest absolute Gasteiger partial charge is 0.426 e. The van der Waals surface area contributed by atoms with Crippen LogP contribution in [0.2, 0.25) is 0 Å². The molecule has 0 atom stereocenters. The summed E-state index contributed by atoms with van der Waals surface area (Å²) in [5.74, 6) is 0.00483. The van der Waals surface area contributed by atoms with Gasteiger partial charge in [-0.15, -0.1) is 0 Å². The Morgan fingerprint density at radius 2 is 1.75 bits per heavy atom. The Kier molecular flexibility index (Phi) is 3.32. The van der Waals surface area contributed by atoms with Crippen LogP contribution in [0.4, 0.5) is 0 Å². The zero-order valence-corrected chi connectivity index (χ0v) is 13.7. The summed E-state index contributed by atoms with van der Waals surface area (Å²) in [5, 5.41) is 0.176. The van der Waals surface area contributed by atoms with Crippen molar-refractivity contribution in [3.63, 3.8) is 0 Å². The van der Waals surface area contributed by atoms with Crippen LogP contribution in [0.15, 0.2) is 48.2 Å². The van der Waals surface area contributed by atoms with E-state index in [-0.39, 0.29) is 22.6 Å². The number of fused-ring (bicyclic) bond motifs is 3.